The summed E-state index contributed by atoms with van der Waals surface area (Å²) in [6.07, 6.45) is 3.12. The highest BCUT2D eigenvalue weighted by atomic mass is 79.9. The zero-order chi connectivity index (χ0) is 17.7. The van der Waals surface area contributed by atoms with E-state index in [1.807, 2.05) is 24.3 Å². The van der Waals surface area contributed by atoms with Crippen LogP contribution in [0.25, 0.3) is 6.08 Å². The first-order valence-corrected chi connectivity index (χ1v) is 9.30. The van der Waals surface area contributed by atoms with Crippen LogP contribution in [0.1, 0.15) is 5.56 Å². The number of carbonyl (C=O) groups is 1. The molecule has 0 saturated heterocycles. The Hall–Kier alpha value is -1.96. The van der Waals surface area contributed by atoms with Crippen molar-refractivity contribution in [3.8, 4) is 0 Å². The van der Waals surface area contributed by atoms with E-state index in [4.69, 9.17) is 0 Å². The van der Waals surface area contributed by atoms with Crippen LogP contribution < -0.4 is 5.32 Å². The number of anilines is 1. The number of hydrogen-bond donors (Lipinski definition) is 1. The summed E-state index contributed by atoms with van der Waals surface area (Å²) in [5.41, 5.74) is 1.41. The zero-order valence-electron chi connectivity index (χ0n) is 13.2. The number of benzene rings is 2. The summed E-state index contributed by atoms with van der Waals surface area (Å²) in [4.78, 5) is 12.1. The van der Waals surface area contributed by atoms with Crippen molar-refractivity contribution in [1.29, 1.82) is 0 Å². The number of carbonyl (C=O) groups excluding carboxylic acids is 1. The molecule has 24 heavy (non-hydrogen) atoms. The van der Waals surface area contributed by atoms with Crippen molar-refractivity contribution in [2.24, 2.45) is 0 Å². The van der Waals surface area contributed by atoms with Gasteiger partial charge in [-0.3, -0.25) is 4.79 Å². The molecule has 0 saturated carbocycles. The lowest BCUT2D eigenvalue weighted by atomic mass is 10.2. The molecule has 2 aromatic carbocycles. The van der Waals surface area contributed by atoms with E-state index in [9.17, 15) is 13.2 Å². The Balaban J connectivity index is 2.06. The van der Waals surface area contributed by atoms with Gasteiger partial charge >= 0.3 is 0 Å². The van der Waals surface area contributed by atoms with Crippen LogP contribution in [0.15, 0.2) is 64.0 Å². The van der Waals surface area contributed by atoms with Crippen molar-refractivity contribution < 1.29 is 13.2 Å². The molecule has 0 aromatic heterocycles. The van der Waals surface area contributed by atoms with Gasteiger partial charge in [0.05, 0.1) is 4.90 Å². The highest BCUT2D eigenvalue weighted by Gasteiger charge is 2.16. The molecular formula is C17H17BrN2O3S. The van der Waals surface area contributed by atoms with Crippen molar-refractivity contribution in [1.82, 2.24) is 4.31 Å². The molecule has 1 N–H and O–H groups in total. The maximum Gasteiger partial charge on any atom is 0.248 e. The second kappa shape index (κ2) is 7.74. The van der Waals surface area contributed by atoms with Crippen molar-refractivity contribution in [3.05, 3.63) is 64.6 Å². The predicted octanol–water partition coefficient (Wildman–Crippen LogP) is 3.35. The van der Waals surface area contributed by atoms with Gasteiger partial charge in [0.2, 0.25) is 15.9 Å². The van der Waals surface area contributed by atoms with Crippen LogP contribution in [0.5, 0.6) is 0 Å². The summed E-state index contributed by atoms with van der Waals surface area (Å²) < 4.78 is 26.0. The third-order valence-corrected chi connectivity index (χ3v) is 5.77. The van der Waals surface area contributed by atoms with E-state index >= 15 is 0 Å². The molecule has 0 atom stereocenters. The van der Waals surface area contributed by atoms with Crippen LogP contribution in [0.3, 0.4) is 0 Å². The summed E-state index contributed by atoms with van der Waals surface area (Å²) in [7, 11) is -0.532. The second-order valence-electron chi connectivity index (χ2n) is 5.16. The molecule has 0 radical (unpaired) electrons. The van der Waals surface area contributed by atoms with Crippen LogP contribution in [-0.2, 0) is 14.8 Å². The summed E-state index contributed by atoms with van der Waals surface area (Å²) in [6.45, 7) is 0. The topological polar surface area (TPSA) is 66.5 Å². The minimum atomic E-state index is -3.47. The predicted molar refractivity (Wildman–Crippen MR) is 99.1 cm³/mol. The van der Waals surface area contributed by atoms with Crippen molar-refractivity contribution in [2.45, 2.75) is 4.90 Å². The lowest BCUT2D eigenvalue weighted by Crippen LogP contribution is -2.22. The number of sulfonamides is 1. The molecule has 0 unspecified atom stereocenters. The van der Waals surface area contributed by atoms with Gasteiger partial charge in [-0.2, -0.15) is 0 Å². The molecule has 1 amide bonds. The fraction of sp³-hybridized carbons (Fsp3) is 0.118. The van der Waals surface area contributed by atoms with Gasteiger partial charge in [0, 0.05) is 30.3 Å². The van der Waals surface area contributed by atoms with E-state index in [0.717, 1.165) is 14.3 Å². The van der Waals surface area contributed by atoms with Crippen LogP contribution in [0.4, 0.5) is 5.69 Å². The van der Waals surface area contributed by atoms with E-state index in [1.54, 1.807) is 18.2 Å². The molecule has 0 fully saturated rings. The number of rotatable bonds is 5. The first-order valence-electron chi connectivity index (χ1n) is 7.07. The third-order valence-electron chi connectivity index (χ3n) is 3.22. The van der Waals surface area contributed by atoms with Crippen molar-refractivity contribution in [3.63, 3.8) is 0 Å². The molecule has 0 aliphatic carbocycles. The van der Waals surface area contributed by atoms with Crippen LogP contribution >= 0.6 is 15.9 Å². The Kier molecular flexibility index (Phi) is 5.93. The highest BCUT2D eigenvalue weighted by molar-refractivity contribution is 9.10. The summed E-state index contributed by atoms with van der Waals surface area (Å²) in [5.74, 6) is -0.297. The minimum Gasteiger partial charge on any atom is -0.323 e. The summed E-state index contributed by atoms with van der Waals surface area (Å²) in [5, 5.41) is 2.69. The molecule has 2 aromatic rings. The van der Waals surface area contributed by atoms with Crippen LogP contribution in [0, 0.1) is 0 Å². The van der Waals surface area contributed by atoms with Crippen LogP contribution in [0.2, 0.25) is 0 Å². The lowest BCUT2D eigenvalue weighted by molar-refractivity contribution is -0.111. The number of nitrogens with zero attached hydrogens (tertiary/aromatic N) is 1. The van der Waals surface area contributed by atoms with Crippen LogP contribution in [-0.4, -0.2) is 32.7 Å². The Morgan fingerprint density at radius 1 is 1.08 bits per heavy atom. The van der Waals surface area contributed by atoms with E-state index in [1.165, 1.54) is 32.3 Å². The molecule has 2 rings (SSSR count). The van der Waals surface area contributed by atoms with Crippen molar-refractivity contribution in [2.75, 3.05) is 19.4 Å². The van der Waals surface area contributed by atoms with Gasteiger partial charge in [-0.15, -0.1) is 0 Å². The molecule has 0 aliphatic rings. The number of halogens is 1. The maximum absolute atomic E-state index is 12.0. The minimum absolute atomic E-state index is 0.175. The molecule has 0 bridgehead atoms. The zero-order valence-corrected chi connectivity index (χ0v) is 15.6. The van der Waals surface area contributed by atoms with Gasteiger partial charge in [0.15, 0.2) is 0 Å². The highest BCUT2D eigenvalue weighted by Crippen LogP contribution is 2.18. The average molecular weight is 409 g/mol. The van der Waals surface area contributed by atoms with E-state index < -0.39 is 10.0 Å². The molecule has 7 heteroatoms. The molecule has 5 nitrogen and oxygen atoms in total. The normalized spacial score (nSPS) is 11.8. The molecule has 0 spiro atoms. The van der Waals surface area contributed by atoms with Gasteiger partial charge in [-0.25, -0.2) is 12.7 Å². The Morgan fingerprint density at radius 2 is 1.71 bits per heavy atom. The number of hydrogen-bond acceptors (Lipinski definition) is 3. The fourth-order valence-corrected chi connectivity index (χ4v) is 3.20. The summed E-state index contributed by atoms with van der Waals surface area (Å²) in [6, 6.07) is 13.6. The quantitative estimate of drug-likeness (QED) is 0.771. The van der Waals surface area contributed by atoms with E-state index in [0.29, 0.717) is 5.69 Å². The van der Waals surface area contributed by atoms with Gasteiger partial charge in [-0.1, -0.05) is 34.1 Å². The van der Waals surface area contributed by atoms with Gasteiger partial charge in [-0.05, 0) is 42.0 Å². The summed E-state index contributed by atoms with van der Waals surface area (Å²) >= 11 is 3.41. The number of nitrogens with one attached hydrogen (secondary N) is 1. The largest absolute Gasteiger partial charge is 0.323 e. The fourth-order valence-electron chi connectivity index (χ4n) is 1.88. The first kappa shape index (κ1) is 18.4. The van der Waals surface area contributed by atoms with E-state index in [2.05, 4.69) is 21.2 Å². The maximum atomic E-state index is 12.0. The lowest BCUT2D eigenvalue weighted by Gasteiger charge is -2.11. The van der Waals surface area contributed by atoms with Gasteiger partial charge in [0.1, 0.15) is 0 Å². The van der Waals surface area contributed by atoms with Crippen molar-refractivity contribution >= 4 is 43.6 Å². The monoisotopic (exact) mass is 408 g/mol. The average Bonchev–Trinajstić information content (AvgIpc) is 2.54. The Morgan fingerprint density at radius 3 is 2.29 bits per heavy atom. The second-order valence-corrected chi connectivity index (χ2v) is 8.16. The Labute approximate surface area is 150 Å². The third kappa shape index (κ3) is 4.53. The van der Waals surface area contributed by atoms with Gasteiger partial charge in [0.25, 0.3) is 0 Å². The molecular weight excluding hydrogens is 392 g/mol. The molecule has 0 heterocycles. The van der Waals surface area contributed by atoms with Gasteiger partial charge < -0.3 is 5.32 Å². The number of amides is 1. The molecule has 0 aliphatic heterocycles. The smallest absolute Gasteiger partial charge is 0.248 e. The first-order chi connectivity index (χ1) is 11.3. The van der Waals surface area contributed by atoms with E-state index in [-0.39, 0.29) is 10.8 Å². The molecule has 126 valence electrons. The Bertz CT molecular complexity index is 860. The standard InChI is InChI=1S/C17H17BrN2O3S/c1-20(2)24(22,23)15-10-8-14(9-11-15)19-17(21)12-7-13-5-3-4-6-16(13)18/h3-12H,1-2H3,(H,19,21)/b12-7+. The SMILES string of the molecule is CN(C)S(=O)(=O)c1ccc(NC(=O)/C=C/c2ccccc2Br)cc1.